The minimum Gasteiger partial charge on any atom is -0.380 e. The first-order chi connectivity index (χ1) is 9.17. The van der Waals surface area contributed by atoms with Crippen LogP contribution in [-0.4, -0.2) is 33.4 Å². The molecule has 3 nitrogen and oxygen atoms in total. The molecule has 1 saturated heterocycles. The topological polar surface area (TPSA) is 24.5 Å². The molecule has 4 heteroatoms. The van der Waals surface area contributed by atoms with Crippen LogP contribution in [0.1, 0.15) is 31.4 Å². The lowest BCUT2D eigenvalue weighted by atomic mass is 10.0. The number of nitrogens with zero attached hydrogens (tertiary/aromatic N) is 1. The third-order valence-corrected chi connectivity index (χ3v) is 3.95. The summed E-state index contributed by atoms with van der Waals surface area (Å²) in [6, 6.07) is 5.32. The summed E-state index contributed by atoms with van der Waals surface area (Å²) in [5.74, 6) is -0.140. The van der Waals surface area contributed by atoms with E-state index in [0.717, 1.165) is 37.2 Å². The van der Waals surface area contributed by atoms with Crippen molar-refractivity contribution >= 4 is 5.69 Å². The maximum atomic E-state index is 14.1. The lowest BCUT2D eigenvalue weighted by Crippen LogP contribution is -2.40. The summed E-state index contributed by atoms with van der Waals surface area (Å²) in [5.41, 5.74) is 1.74. The normalized spacial score (nSPS) is 21.5. The zero-order chi connectivity index (χ0) is 13.8. The third kappa shape index (κ3) is 3.07. The van der Waals surface area contributed by atoms with Crippen molar-refractivity contribution in [1.82, 2.24) is 5.32 Å². The maximum absolute atomic E-state index is 14.1. The van der Waals surface area contributed by atoms with Gasteiger partial charge in [-0.15, -0.1) is 0 Å². The summed E-state index contributed by atoms with van der Waals surface area (Å²) in [6.45, 7) is 3.79. The van der Waals surface area contributed by atoms with Crippen molar-refractivity contribution in [2.75, 3.05) is 32.1 Å². The van der Waals surface area contributed by atoms with Gasteiger partial charge in [-0.1, -0.05) is 6.07 Å². The summed E-state index contributed by atoms with van der Waals surface area (Å²) >= 11 is 0. The predicted molar refractivity (Wildman–Crippen MR) is 76.1 cm³/mol. The van der Waals surface area contributed by atoms with Gasteiger partial charge in [0.15, 0.2) is 0 Å². The van der Waals surface area contributed by atoms with Gasteiger partial charge in [0.2, 0.25) is 0 Å². The largest absolute Gasteiger partial charge is 0.380 e. The molecule has 1 aliphatic rings. The number of rotatable bonds is 4. The monoisotopic (exact) mass is 266 g/mol. The quantitative estimate of drug-likeness (QED) is 0.907. The highest BCUT2D eigenvalue weighted by molar-refractivity contribution is 5.56. The Labute approximate surface area is 114 Å². The minimum absolute atomic E-state index is 0.000813. The molecule has 2 atom stereocenters. The first-order valence-corrected chi connectivity index (χ1v) is 6.90. The SMILES string of the molecule is CNC(C)c1c(F)cccc1N1CCCC(OC)C1. The van der Waals surface area contributed by atoms with Gasteiger partial charge in [-0.2, -0.15) is 0 Å². The van der Waals surface area contributed by atoms with Gasteiger partial charge < -0.3 is 15.0 Å². The van der Waals surface area contributed by atoms with Crippen molar-refractivity contribution in [3.8, 4) is 0 Å². The van der Waals surface area contributed by atoms with Crippen molar-refractivity contribution in [3.63, 3.8) is 0 Å². The van der Waals surface area contributed by atoms with Gasteiger partial charge in [0, 0.05) is 37.5 Å². The van der Waals surface area contributed by atoms with Gasteiger partial charge in [0.1, 0.15) is 5.82 Å². The Balaban J connectivity index is 2.30. The molecule has 1 fully saturated rings. The number of halogens is 1. The average molecular weight is 266 g/mol. The number of benzene rings is 1. The predicted octanol–water partition coefficient (Wildman–Crippen LogP) is 2.72. The summed E-state index contributed by atoms with van der Waals surface area (Å²) < 4.78 is 19.6. The van der Waals surface area contributed by atoms with E-state index in [9.17, 15) is 4.39 Å². The molecule has 19 heavy (non-hydrogen) atoms. The Bertz CT molecular complexity index is 425. The molecule has 1 heterocycles. The van der Waals surface area contributed by atoms with Crippen LogP contribution in [0.5, 0.6) is 0 Å². The van der Waals surface area contributed by atoms with Crippen molar-refractivity contribution < 1.29 is 9.13 Å². The summed E-state index contributed by atoms with van der Waals surface area (Å²) in [4.78, 5) is 2.24. The van der Waals surface area contributed by atoms with Gasteiger partial charge in [-0.05, 0) is 38.9 Å². The summed E-state index contributed by atoms with van der Waals surface area (Å²) in [6.07, 6.45) is 2.41. The van der Waals surface area contributed by atoms with E-state index in [1.165, 1.54) is 6.07 Å². The smallest absolute Gasteiger partial charge is 0.130 e. The van der Waals surface area contributed by atoms with Crippen molar-refractivity contribution in [2.24, 2.45) is 0 Å². The molecule has 2 unspecified atom stereocenters. The molecule has 0 aliphatic carbocycles. The van der Waals surface area contributed by atoms with Crippen LogP contribution in [-0.2, 0) is 4.74 Å². The highest BCUT2D eigenvalue weighted by Crippen LogP contribution is 2.31. The second kappa shape index (κ2) is 6.35. The number of nitrogens with one attached hydrogen (secondary N) is 1. The summed E-state index contributed by atoms with van der Waals surface area (Å²) in [7, 11) is 3.60. The maximum Gasteiger partial charge on any atom is 0.130 e. The Morgan fingerprint density at radius 2 is 2.26 bits per heavy atom. The van der Waals surface area contributed by atoms with Gasteiger partial charge in [0.05, 0.1) is 6.10 Å². The first kappa shape index (κ1) is 14.3. The zero-order valence-corrected chi connectivity index (χ0v) is 11.9. The van der Waals surface area contributed by atoms with Crippen molar-refractivity contribution in [3.05, 3.63) is 29.6 Å². The third-order valence-electron chi connectivity index (χ3n) is 3.95. The number of ether oxygens (including phenoxy) is 1. The molecular formula is C15H23FN2O. The molecule has 1 aliphatic heterocycles. The van der Waals surface area contributed by atoms with E-state index in [-0.39, 0.29) is 18.0 Å². The lowest BCUT2D eigenvalue weighted by molar-refractivity contribution is 0.0892. The number of anilines is 1. The van der Waals surface area contributed by atoms with E-state index >= 15 is 0 Å². The Morgan fingerprint density at radius 3 is 2.95 bits per heavy atom. The van der Waals surface area contributed by atoms with E-state index in [1.807, 2.05) is 20.0 Å². The Morgan fingerprint density at radius 1 is 1.47 bits per heavy atom. The van der Waals surface area contributed by atoms with E-state index in [1.54, 1.807) is 13.2 Å². The molecule has 1 aromatic carbocycles. The number of methoxy groups -OCH3 is 1. The number of piperidine rings is 1. The van der Waals surface area contributed by atoms with Gasteiger partial charge in [-0.3, -0.25) is 0 Å². The van der Waals surface area contributed by atoms with E-state index < -0.39 is 0 Å². The highest BCUT2D eigenvalue weighted by Gasteiger charge is 2.24. The second-order valence-corrected chi connectivity index (χ2v) is 5.13. The highest BCUT2D eigenvalue weighted by atomic mass is 19.1. The second-order valence-electron chi connectivity index (χ2n) is 5.13. The van der Waals surface area contributed by atoms with Crippen LogP contribution in [0, 0.1) is 5.82 Å². The fourth-order valence-electron chi connectivity index (χ4n) is 2.72. The van der Waals surface area contributed by atoms with Crippen LogP contribution in [0.4, 0.5) is 10.1 Å². The van der Waals surface area contributed by atoms with Crippen LogP contribution < -0.4 is 10.2 Å². The minimum atomic E-state index is -0.140. The van der Waals surface area contributed by atoms with Crippen molar-refractivity contribution in [1.29, 1.82) is 0 Å². The standard InChI is InChI=1S/C15H23FN2O/c1-11(17-2)15-13(16)7-4-8-14(15)18-9-5-6-12(10-18)19-3/h4,7-8,11-12,17H,5-6,9-10H2,1-3H3. The molecule has 0 radical (unpaired) electrons. The molecule has 106 valence electrons. The summed E-state index contributed by atoms with van der Waals surface area (Å²) in [5, 5.41) is 3.13. The van der Waals surface area contributed by atoms with Crippen LogP contribution in [0.3, 0.4) is 0 Å². The molecule has 0 aromatic heterocycles. The zero-order valence-electron chi connectivity index (χ0n) is 11.9. The lowest BCUT2D eigenvalue weighted by Gasteiger charge is -2.35. The average Bonchev–Trinajstić information content (AvgIpc) is 2.46. The van der Waals surface area contributed by atoms with E-state index in [0.29, 0.717) is 0 Å². The first-order valence-electron chi connectivity index (χ1n) is 6.90. The Kier molecular flexibility index (Phi) is 4.77. The number of hydrogen-bond acceptors (Lipinski definition) is 3. The molecule has 2 rings (SSSR count). The molecule has 1 N–H and O–H groups in total. The van der Waals surface area contributed by atoms with E-state index in [2.05, 4.69) is 10.2 Å². The van der Waals surface area contributed by atoms with Crippen LogP contribution in [0.25, 0.3) is 0 Å². The molecule has 0 bridgehead atoms. The Hall–Kier alpha value is -1.13. The molecule has 0 saturated carbocycles. The van der Waals surface area contributed by atoms with Crippen LogP contribution in [0.15, 0.2) is 18.2 Å². The van der Waals surface area contributed by atoms with Gasteiger partial charge >= 0.3 is 0 Å². The van der Waals surface area contributed by atoms with Crippen LogP contribution >= 0.6 is 0 Å². The van der Waals surface area contributed by atoms with Gasteiger partial charge in [0.25, 0.3) is 0 Å². The van der Waals surface area contributed by atoms with E-state index in [4.69, 9.17) is 4.74 Å². The van der Waals surface area contributed by atoms with Crippen LogP contribution in [0.2, 0.25) is 0 Å². The molecule has 1 aromatic rings. The fraction of sp³-hybridized carbons (Fsp3) is 0.600. The molecule has 0 spiro atoms. The molecule has 0 amide bonds. The molecular weight excluding hydrogens is 243 g/mol. The van der Waals surface area contributed by atoms with Gasteiger partial charge in [-0.25, -0.2) is 4.39 Å². The number of hydrogen-bond donors (Lipinski definition) is 1. The fourth-order valence-corrected chi connectivity index (χ4v) is 2.72. The van der Waals surface area contributed by atoms with Crippen molar-refractivity contribution in [2.45, 2.75) is 31.9 Å².